The molecule has 0 atom stereocenters. The van der Waals surface area contributed by atoms with Gasteiger partial charge in [0.2, 0.25) is 0 Å². The van der Waals surface area contributed by atoms with Crippen molar-refractivity contribution < 1.29 is 5.11 Å². The van der Waals surface area contributed by atoms with Crippen molar-refractivity contribution in [3.63, 3.8) is 0 Å². The molecule has 0 spiro atoms. The van der Waals surface area contributed by atoms with Crippen LogP contribution in [0.1, 0.15) is 11.3 Å². The third-order valence-electron chi connectivity index (χ3n) is 3.36. The third kappa shape index (κ3) is 1.43. The molecule has 2 heterocycles. The molecular weight excluding hydrogens is 226 g/mol. The SMILES string of the molecule is Cc1[nH]c(-c2cccc3[nH]ccc23)c(O)c1CN. The summed E-state index contributed by atoms with van der Waals surface area (Å²) in [5.41, 5.74) is 10.1. The van der Waals surface area contributed by atoms with E-state index >= 15 is 0 Å². The highest BCUT2D eigenvalue weighted by molar-refractivity contribution is 5.95. The van der Waals surface area contributed by atoms with Crippen molar-refractivity contribution in [3.8, 4) is 17.0 Å². The Hall–Kier alpha value is -2.20. The second kappa shape index (κ2) is 3.92. The molecule has 4 heteroatoms. The molecule has 4 nitrogen and oxygen atoms in total. The first-order valence-electron chi connectivity index (χ1n) is 5.89. The van der Waals surface area contributed by atoms with Gasteiger partial charge >= 0.3 is 0 Å². The highest BCUT2D eigenvalue weighted by Crippen LogP contribution is 2.37. The van der Waals surface area contributed by atoms with E-state index in [1.165, 1.54) is 0 Å². The van der Waals surface area contributed by atoms with Crippen LogP contribution in [0.5, 0.6) is 5.75 Å². The Kier molecular flexibility index (Phi) is 2.38. The predicted octanol–water partition coefficient (Wildman–Crippen LogP) is 2.64. The second-order valence-electron chi connectivity index (χ2n) is 4.40. The highest BCUT2D eigenvalue weighted by atomic mass is 16.3. The summed E-state index contributed by atoms with van der Waals surface area (Å²) in [7, 11) is 0. The summed E-state index contributed by atoms with van der Waals surface area (Å²) >= 11 is 0. The van der Waals surface area contributed by atoms with E-state index in [1.54, 1.807) is 0 Å². The Morgan fingerprint density at radius 2 is 2.11 bits per heavy atom. The van der Waals surface area contributed by atoms with Crippen molar-refractivity contribution >= 4 is 10.9 Å². The van der Waals surface area contributed by atoms with Gasteiger partial charge in [-0.2, -0.15) is 0 Å². The van der Waals surface area contributed by atoms with Crippen LogP contribution < -0.4 is 5.73 Å². The summed E-state index contributed by atoms with van der Waals surface area (Å²) in [6.07, 6.45) is 1.89. The molecule has 3 rings (SSSR count). The van der Waals surface area contributed by atoms with Crippen LogP contribution in [0, 0.1) is 6.92 Å². The van der Waals surface area contributed by atoms with Gasteiger partial charge in [0.1, 0.15) is 5.75 Å². The molecule has 0 bridgehead atoms. The summed E-state index contributed by atoms with van der Waals surface area (Å²) in [4.78, 5) is 6.38. The monoisotopic (exact) mass is 241 g/mol. The second-order valence-corrected chi connectivity index (χ2v) is 4.40. The summed E-state index contributed by atoms with van der Waals surface area (Å²) < 4.78 is 0. The number of H-pyrrole nitrogens is 2. The zero-order valence-corrected chi connectivity index (χ0v) is 10.1. The molecule has 0 unspecified atom stereocenters. The minimum absolute atomic E-state index is 0.253. The Bertz CT molecular complexity index is 709. The number of benzene rings is 1. The van der Waals surface area contributed by atoms with Crippen molar-refractivity contribution in [3.05, 3.63) is 41.7 Å². The van der Waals surface area contributed by atoms with Crippen molar-refractivity contribution in [2.75, 3.05) is 0 Å². The maximum Gasteiger partial charge on any atom is 0.145 e. The van der Waals surface area contributed by atoms with Crippen LogP contribution in [0.3, 0.4) is 0 Å². The van der Waals surface area contributed by atoms with Gasteiger partial charge in [-0.1, -0.05) is 12.1 Å². The molecule has 0 amide bonds. The van der Waals surface area contributed by atoms with Crippen LogP contribution in [-0.4, -0.2) is 15.1 Å². The number of fused-ring (bicyclic) bond motifs is 1. The van der Waals surface area contributed by atoms with Crippen LogP contribution in [-0.2, 0) is 6.54 Å². The number of hydrogen-bond donors (Lipinski definition) is 4. The number of aromatic amines is 2. The van der Waals surface area contributed by atoms with E-state index in [2.05, 4.69) is 9.97 Å². The largest absolute Gasteiger partial charge is 0.505 e. The summed E-state index contributed by atoms with van der Waals surface area (Å²) in [5, 5.41) is 11.3. The van der Waals surface area contributed by atoms with Crippen LogP contribution in [0.15, 0.2) is 30.5 Å². The number of nitrogens with one attached hydrogen (secondary N) is 2. The molecule has 92 valence electrons. The average molecular weight is 241 g/mol. The first-order chi connectivity index (χ1) is 8.72. The van der Waals surface area contributed by atoms with Gasteiger partial charge < -0.3 is 20.8 Å². The fraction of sp³-hybridized carbons (Fsp3) is 0.143. The molecule has 0 fully saturated rings. The summed E-state index contributed by atoms with van der Waals surface area (Å²) in [5.74, 6) is 0.253. The molecule has 0 saturated heterocycles. The fourth-order valence-corrected chi connectivity index (χ4v) is 2.40. The third-order valence-corrected chi connectivity index (χ3v) is 3.36. The van der Waals surface area contributed by atoms with E-state index in [9.17, 15) is 5.11 Å². The molecule has 18 heavy (non-hydrogen) atoms. The number of nitrogens with two attached hydrogens (primary N) is 1. The van der Waals surface area contributed by atoms with E-state index in [1.807, 2.05) is 37.4 Å². The van der Waals surface area contributed by atoms with Gasteiger partial charge in [0.15, 0.2) is 0 Å². The lowest BCUT2D eigenvalue weighted by atomic mass is 10.1. The van der Waals surface area contributed by atoms with Gasteiger partial charge in [0, 0.05) is 40.5 Å². The van der Waals surface area contributed by atoms with Crippen molar-refractivity contribution in [1.82, 2.24) is 9.97 Å². The first-order valence-corrected chi connectivity index (χ1v) is 5.89. The van der Waals surface area contributed by atoms with Gasteiger partial charge in [-0.3, -0.25) is 0 Å². The zero-order chi connectivity index (χ0) is 12.7. The maximum absolute atomic E-state index is 10.2. The van der Waals surface area contributed by atoms with E-state index in [0.29, 0.717) is 6.54 Å². The van der Waals surface area contributed by atoms with Gasteiger partial charge in [0.05, 0.1) is 5.69 Å². The van der Waals surface area contributed by atoms with Gasteiger partial charge in [-0.25, -0.2) is 0 Å². The summed E-state index contributed by atoms with van der Waals surface area (Å²) in [6.45, 7) is 2.25. The van der Waals surface area contributed by atoms with Gasteiger partial charge in [-0.05, 0) is 19.1 Å². The maximum atomic E-state index is 10.2. The quantitative estimate of drug-likeness (QED) is 0.556. The Labute approximate surface area is 104 Å². The highest BCUT2D eigenvalue weighted by Gasteiger charge is 2.16. The lowest BCUT2D eigenvalue weighted by Crippen LogP contribution is -1.96. The van der Waals surface area contributed by atoms with E-state index < -0.39 is 0 Å². The Morgan fingerprint density at radius 1 is 1.28 bits per heavy atom. The molecule has 2 aromatic heterocycles. The number of hydrogen-bond acceptors (Lipinski definition) is 2. The standard InChI is InChI=1S/C14H15N3O/c1-8-11(7-15)14(18)13(17-8)10-3-2-4-12-9(10)5-6-16-12/h2-6,16-18H,7,15H2,1H3. The van der Waals surface area contributed by atoms with Crippen molar-refractivity contribution in [2.45, 2.75) is 13.5 Å². The van der Waals surface area contributed by atoms with Crippen molar-refractivity contribution in [2.24, 2.45) is 5.73 Å². The number of aromatic nitrogens is 2. The predicted molar refractivity (Wildman–Crippen MR) is 72.4 cm³/mol. The van der Waals surface area contributed by atoms with Crippen LogP contribution in [0.4, 0.5) is 0 Å². The van der Waals surface area contributed by atoms with Crippen molar-refractivity contribution in [1.29, 1.82) is 0 Å². The topological polar surface area (TPSA) is 77.8 Å². The molecule has 3 aromatic rings. The first kappa shape index (κ1) is 10.9. The number of aryl methyl sites for hydroxylation is 1. The van der Waals surface area contributed by atoms with E-state index in [4.69, 9.17) is 5.73 Å². The Balaban J connectivity index is 2.29. The average Bonchev–Trinajstić information content (AvgIpc) is 2.94. The van der Waals surface area contributed by atoms with Gasteiger partial charge in [0.25, 0.3) is 0 Å². The lowest BCUT2D eigenvalue weighted by Gasteiger charge is -2.02. The van der Waals surface area contributed by atoms with Crippen LogP contribution in [0.2, 0.25) is 0 Å². The molecular formula is C14H15N3O. The lowest BCUT2D eigenvalue weighted by molar-refractivity contribution is 0.472. The number of rotatable bonds is 2. The van der Waals surface area contributed by atoms with Crippen LogP contribution in [0.25, 0.3) is 22.2 Å². The fourth-order valence-electron chi connectivity index (χ4n) is 2.40. The number of aromatic hydroxyl groups is 1. The normalized spacial score (nSPS) is 11.2. The Morgan fingerprint density at radius 3 is 2.83 bits per heavy atom. The molecule has 0 aliphatic heterocycles. The molecule has 5 N–H and O–H groups in total. The smallest absolute Gasteiger partial charge is 0.145 e. The van der Waals surface area contributed by atoms with Gasteiger partial charge in [-0.15, -0.1) is 0 Å². The molecule has 0 radical (unpaired) electrons. The van der Waals surface area contributed by atoms with Crippen LogP contribution >= 0.6 is 0 Å². The molecule has 1 aromatic carbocycles. The molecule has 0 saturated carbocycles. The van der Waals surface area contributed by atoms with E-state index in [0.717, 1.165) is 33.4 Å². The zero-order valence-electron chi connectivity index (χ0n) is 10.1. The minimum Gasteiger partial charge on any atom is -0.505 e. The molecule has 0 aliphatic rings. The minimum atomic E-state index is 0.253. The molecule has 0 aliphatic carbocycles. The summed E-state index contributed by atoms with van der Waals surface area (Å²) in [6, 6.07) is 7.96. The van der Waals surface area contributed by atoms with E-state index in [-0.39, 0.29) is 5.75 Å².